The SMILES string of the molecule is COCC1CC(c2ncc(C)[nH]2)N(C(=O)OC(C)(C)C)C1. The molecule has 21 heavy (non-hydrogen) atoms. The molecule has 1 N–H and O–H groups in total. The molecule has 2 rings (SSSR count). The van der Waals surface area contributed by atoms with Gasteiger partial charge in [0.15, 0.2) is 0 Å². The molecule has 0 saturated carbocycles. The third kappa shape index (κ3) is 3.97. The number of rotatable bonds is 3. The molecular weight excluding hydrogens is 270 g/mol. The lowest BCUT2D eigenvalue weighted by Gasteiger charge is -2.27. The van der Waals surface area contributed by atoms with Crippen molar-refractivity contribution in [3.63, 3.8) is 0 Å². The quantitative estimate of drug-likeness (QED) is 0.931. The van der Waals surface area contributed by atoms with E-state index in [-0.39, 0.29) is 12.1 Å². The highest BCUT2D eigenvalue weighted by Crippen LogP contribution is 2.35. The molecule has 2 unspecified atom stereocenters. The molecule has 1 amide bonds. The summed E-state index contributed by atoms with van der Waals surface area (Å²) < 4.78 is 10.7. The van der Waals surface area contributed by atoms with Gasteiger partial charge < -0.3 is 14.5 Å². The number of imidazole rings is 1. The van der Waals surface area contributed by atoms with Crippen molar-refractivity contribution >= 4 is 6.09 Å². The van der Waals surface area contributed by atoms with Crippen LogP contribution in [0.15, 0.2) is 6.20 Å². The predicted octanol–water partition coefficient (Wildman–Crippen LogP) is 2.66. The highest BCUT2D eigenvalue weighted by molar-refractivity contribution is 5.69. The number of amides is 1. The van der Waals surface area contributed by atoms with Gasteiger partial charge in [0.1, 0.15) is 11.4 Å². The smallest absolute Gasteiger partial charge is 0.410 e. The zero-order valence-corrected chi connectivity index (χ0v) is 13.5. The van der Waals surface area contributed by atoms with Gasteiger partial charge in [-0.1, -0.05) is 0 Å². The van der Waals surface area contributed by atoms with E-state index in [9.17, 15) is 4.79 Å². The predicted molar refractivity (Wildman–Crippen MR) is 79.0 cm³/mol. The third-order valence-corrected chi connectivity index (χ3v) is 3.46. The Kier molecular flexibility index (Phi) is 4.56. The number of nitrogens with one attached hydrogen (secondary N) is 1. The fourth-order valence-corrected chi connectivity index (χ4v) is 2.66. The van der Waals surface area contributed by atoms with Crippen LogP contribution < -0.4 is 0 Å². The lowest BCUT2D eigenvalue weighted by molar-refractivity contribution is 0.0208. The number of H-pyrrole nitrogens is 1. The minimum absolute atomic E-state index is 0.0753. The van der Waals surface area contributed by atoms with Crippen LogP contribution >= 0.6 is 0 Å². The first kappa shape index (κ1) is 15.8. The second-order valence-electron chi connectivity index (χ2n) is 6.66. The molecule has 6 heteroatoms. The van der Waals surface area contributed by atoms with E-state index >= 15 is 0 Å². The van der Waals surface area contributed by atoms with E-state index in [1.165, 1.54) is 0 Å². The summed E-state index contributed by atoms with van der Waals surface area (Å²) in [7, 11) is 1.68. The van der Waals surface area contributed by atoms with Crippen molar-refractivity contribution < 1.29 is 14.3 Å². The van der Waals surface area contributed by atoms with Gasteiger partial charge in [-0.25, -0.2) is 9.78 Å². The van der Waals surface area contributed by atoms with Crippen LogP contribution in [0.1, 0.15) is 44.8 Å². The molecule has 1 aliphatic rings. The number of methoxy groups -OCH3 is 1. The van der Waals surface area contributed by atoms with Crippen LogP contribution in [0, 0.1) is 12.8 Å². The Morgan fingerprint density at radius 3 is 2.76 bits per heavy atom. The van der Waals surface area contributed by atoms with Crippen molar-refractivity contribution in [3.05, 3.63) is 17.7 Å². The first-order valence-electron chi connectivity index (χ1n) is 7.30. The number of hydrogen-bond acceptors (Lipinski definition) is 4. The lowest BCUT2D eigenvalue weighted by Crippen LogP contribution is -2.37. The second kappa shape index (κ2) is 6.05. The summed E-state index contributed by atoms with van der Waals surface area (Å²) in [5, 5.41) is 0. The molecule has 1 aliphatic heterocycles. The second-order valence-corrected chi connectivity index (χ2v) is 6.66. The Morgan fingerprint density at radius 1 is 1.52 bits per heavy atom. The summed E-state index contributed by atoms with van der Waals surface area (Å²) in [5.41, 5.74) is 0.490. The van der Waals surface area contributed by atoms with Crippen LogP contribution in [0.25, 0.3) is 0 Å². The molecule has 6 nitrogen and oxygen atoms in total. The normalized spacial score (nSPS) is 22.6. The van der Waals surface area contributed by atoms with Gasteiger partial charge in [-0.2, -0.15) is 0 Å². The first-order chi connectivity index (χ1) is 9.80. The molecule has 2 atom stereocenters. The number of ether oxygens (including phenoxy) is 2. The molecule has 1 aromatic heterocycles. The Bertz CT molecular complexity index is 493. The molecule has 2 heterocycles. The van der Waals surface area contributed by atoms with Crippen molar-refractivity contribution in [3.8, 4) is 0 Å². The summed E-state index contributed by atoms with van der Waals surface area (Å²) in [6, 6.07) is -0.0753. The van der Waals surface area contributed by atoms with Crippen molar-refractivity contribution in [2.75, 3.05) is 20.3 Å². The first-order valence-corrected chi connectivity index (χ1v) is 7.30. The Balaban J connectivity index is 2.16. The maximum atomic E-state index is 12.4. The number of likely N-dealkylation sites (tertiary alicyclic amines) is 1. The van der Waals surface area contributed by atoms with Crippen molar-refractivity contribution in [2.24, 2.45) is 5.92 Å². The molecule has 0 aromatic carbocycles. The van der Waals surface area contributed by atoms with Gasteiger partial charge in [-0.3, -0.25) is 4.90 Å². The monoisotopic (exact) mass is 295 g/mol. The average molecular weight is 295 g/mol. The Hall–Kier alpha value is -1.56. The van der Waals surface area contributed by atoms with Crippen LogP contribution in [-0.4, -0.2) is 46.8 Å². The van der Waals surface area contributed by atoms with Crippen molar-refractivity contribution in [1.82, 2.24) is 14.9 Å². The van der Waals surface area contributed by atoms with Gasteiger partial charge >= 0.3 is 6.09 Å². The fraction of sp³-hybridized carbons (Fsp3) is 0.733. The highest BCUT2D eigenvalue weighted by Gasteiger charge is 2.39. The van der Waals surface area contributed by atoms with E-state index in [4.69, 9.17) is 9.47 Å². The Morgan fingerprint density at radius 2 is 2.24 bits per heavy atom. The zero-order chi connectivity index (χ0) is 15.6. The summed E-state index contributed by atoms with van der Waals surface area (Å²) >= 11 is 0. The van der Waals surface area contributed by atoms with Crippen molar-refractivity contribution in [2.45, 2.75) is 45.8 Å². The zero-order valence-electron chi connectivity index (χ0n) is 13.5. The maximum Gasteiger partial charge on any atom is 0.410 e. The standard InChI is InChI=1S/C15H25N3O3/c1-10-7-16-13(17-10)12-6-11(9-20-5)8-18(12)14(19)21-15(2,3)4/h7,11-12H,6,8-9H2,1-5H3,(H,16,17). The summed E-state index contributed by atoms with van der Waals surface area (Å²) in [4.78, 5) is 21.8. The van der Waals surface area contributed by atoms with Crippen LogP contribution in [-0.2, 0) is 9.47 Å². The number of carbonyl (C=O) groups is 1. The minimum Gasteiger partial charge on any atom is -0.444 e. The maximum absolute atomic E-state index is 12.4. The average Bonchev–Trinajstić information content (AvgIpc) is 2.93. The largest absolute Gasteiger partial charge is 0.444 e. The molecule has 0 bridgehead atoms. The molecule has 118 valence electrons. The minimum atomic E-state index is -0.500. The molecule has 1 aromatic rings. The number of aryl methyl sites for hydroxylation is 1. The third-order valence-electron chi connectivity index (χ3n) is 3.46. The lowest BCUT2D eigenvalue weighted by atomic mass is 10.1. The van der Waals surface area contributed by atoms with Gasteiger partial charge in [0.05, 0.1) is 12.6 Å². The molecule has 0 aliphatic carbocycles. The van der Waals surface area contributed by atoms with Crippen molar-refractivity contribution in [1.29, 1.82) is 0 Å². The van der Waals surface area contributed by atoms with Crippen LogP contribution in [0.5, 0.6) is 0 Å². The van der Waals surface area contributed by atoms with Gasteiger partial charge in [-0.15, -0.1) is 0 Å². The van der Waals surface area contributed by atoms with Crippen LogP contribution in [0.4, 0.5) is 4.79 Å². The number of nitrogens with zero attached hydrogens (tertiary/aromatic N) is 2. The molecular formula is C15H25N3O3. The van der Waals surface area contributed by atoms with Gasteiger partial charge in [0.2, 0.25) is 0 Å². The van der Waals surface area contributed by atoms with Crippen LogP contribution in [0.2, 0.25) is 0 Å². The van der Waals surface area contributed by atoms with E-state index in [0.717, 1.165) is 17.9 Å². The molecule has 0 radical (unpaired) electrons. The molecule has 1 saturated heterocycles. The number of aromatic nitrogens is 2. The summed E-state index contributed by atoms with van der Waals surface area (Å²) in [5.74, 6) is 1.12. The van der Waals surface area contributed by atoms with Gasteiger partial charge in [0.25, 0.3) is 0 Å². The highest BCUT2D eigenvalue weighted by atomic mass is 16.6. The van der Waals surface area contributed by atoms with E-state index in [2.05, 4.69) is 9.97 Å². The molecule has 1 fully saturated rings. The number of hydrogen-bond donors (Lipinski definition) is 1. The molecule has 0 spiro atoms. The van der Waals surface area contributed by atoms with Crippen LogP contribution in [0.3, 0.4) is 0 Å². The summed E-state index contributed by atoms with van der Waals surface area (Å²) in [6.07, 6.45) is 2.33. The topological polar surface area (TPSA) is 67.5 Å². The van der Waals surface area contributed by atoms with E-state index in [1.807, 2.05) is 27.7 Å². The van der Waals surface area contributed by atoms with Gasteiger partial charge in [-0.05, 0) is 34.1 Å². The van der Waals surface area contributed by atoms with E-state index in [0.29, 0.717) is 19.1 Å². The van der Waals surface area contributed by atoms with E-state index in [1.54, 1.807) is 18.2 Å². The summed E-state index contributed by atoms with van der Waals surface area (Å²) in [6.45, 7) is 8.84. The fourth-order valence-electron chi connectivity index (χ4n) is 2.66. The number of carbonyl (C=O) groups excluding carboxylic acids is 1. The van der Waals surface area contributed by atoms with Gasteiger partial charge in [0, 0.05) is 31.5 Å². The number of aromatic amines is 1. The Labute approximate surface area is 125 Å². The van der Waals surface area contributed by atoms with E-state index < -0.39 is 5.60 Å².